The summed E-state index contributed by atoms with van der Waals surface area (Å²) in [5.41, 5.74) is 1.57. The van der Waals surface area contributed by atoms with Crippen LogP contribution in [0.2, 0.25) is 5.02 Å². The molecule has 0 spiro atoms. The Labute approximate surface area is 180 Å². The molecule has 2 aromatic rings. The number of carbonyl (C=O) groups excluding carboxylic acids is 3. The molecule has 0 aliphatic heterocycles. The summed E-state index contributed by atoms with van der Waals surface area (Å²) in [5.74, 6) is -1.35. The van der Waals surface area contributed by atoms with Gasteiger partial charge in [-0.1, -0.05) is 37.6 Å². The van der Waals surface area contributed by atoms with Gasteiger partial charge in [0.1, 0.15) is 0 Å². The van der Waals surface area contributed by atoms with Crippen LogP contribution in [0, 0.1) is 5.92 Å². The number of ether oxygens (including phenoxy) is 2. The first kappa shape index (κ1) is 23.4. The van der Waals surface area contributed by atoms with Crippen LogP contribution in [0.3, 0.4) is 0 Å². The second-order valence-electron chi connectivity index (χ2n) is 6.98. The molecule has 0 radical (unpaired) electrons. The average molecular weight is 433 g/mol. The van der Waals surface area contributed by atoms with Crippen molar-refractivity contribution in [1.82, 2.24) is 5.32 Å². The Morgan fingerprint density at radius 1 is 0.933 bits per heavy atom. The minimum Gasteiger partial charge on any atom is -0.465 e. The normalized spacial score (nSPS) is 11.7. The maximum Gasteiger partial charge on any atom is 0.337 e. The van der Waals surface area contributed by atoms with Gasteiger partial charge in [-0.05, 0) is 41.8 Å². The number of methoxy groups -OCH3 is 2. The number of carbonyl (C=O) groups is 3. The standard InChI is InChI=1S/C22H25ClN2O5/c1-13(2)20(14-5-7-17(23)8-6-14)24-12-19(26)25-18-10-15(21(27)29-3)9-16(11-18)22(28)30-4/h5-11,13,20,24H,12H2,1-4H3,(H,25,26). The molecule has 0 saturated carbocycles. The third-order valence-electron chi connectivity index (χ3n) is 4.44. The Kier molecular flexibility index (Phi) is 8.38. The van der Waals surface area contributed by atoms with Gasteiger partial charge in [-0.3, -0.25) is 4.79 Å². The van der Waals surface area contributed by atoms with Crippen LogP contribution in [-0.2, 0) is 14.3 Å². The highest BCUT2D eigenvalue weighted by atomic mass is 35.5. The number of hydrogen-bond acceptors (Lipinski definition) is 6. The van der Waals surface area contributed by atoms with Gasteiger partial charge in [0, 0.05) is 16.8 Å². The minimum absolute atomic E-state index is 0.0292. The number of halogens is 1. The number of rotatable bonds is 8. The van der Waals surface area contributed by atoms with Crippen molar-refractivity contribution in [3.8, 4) is 0 Å². The van der Waals surface area contributed by atoms with Crippen LogP contribution in [0.15, 0.2) is 42.5 Å². The minimum atomic E-state index is -0.628. The first-order chi connectivity index (χ1) is 14.2. The number of nitrogens with one attached hydrogen (secondary N) is 2. The van der Waals surface area contributed by atoms with Gasteiger partial charge in [-0.2, -0.15) is 0 Å². The van der Waals surface area contributed by atoms with E-state index in [0.29, 0.717) is 5.02 Å². The predicted octanol–water partition coefficient (Wildman–Crippen LogP) is 3.84. The van der Waals surface area contributed by atoms with Crippen LogP contribution in [0.25, 0.3) is 0 Å². The van der Waals surface area contributed by atoms with E-state index in [4.69, 9.17) is 21.1 Å². The predicted molar refractivity (Wildman–Crippen MR) is 115 cm³/mol. The molecular formula is C22H25ClN2O5. The van der Waals surface area contributed by atoms with Gasteiger partial charge in [0.25, 0.3) is 0 Å². The molecular weight excluding hydrogens is 408 g/mol. The van der Waals surface area contributed by atoms with E-state index >= 15 is 0 Å². The zero-order chi connectivity index (χ0) is 22.3. The van der Waals surface area contributed by atoms with Crippen molar-refractivity contribution < 1.29 is 23.9 Å². The largest absolute Gasteiger partial charge is 0.465 e. The Bertz CT molecular complexity index is 878. The van der Waals surface area contributed by atoms with Crippen LogP contribution >= 0.6 is 11.6 Å². The van der Waals surface area contributed by atoms with Crippen LogP contribution in [0.1, 0.15) is 46.2 Å². The number of anilines is 1. The first-order valence-corrected chi connectivity index (χ1v) is 9.73. The lowest BCUT2D eigenvalue weighted by Crippen LogP contribution is -2.33. The van der Waals surface area contributed by atoms with Crippen LogP contribution in [0.5, 0.6) is 0 Å². The molecule has 1 amide bonds. The van der Waals surface area contributed by atoms with Crippen molar-refractivity contribution >= 4 is 35.1 Å². The molecule has 1 unspecified atom stereocenters. The molecule has 0 aliphatic rings. The van der Waals surface area contributed by atoms with Gasteiger partial charge in [0.15, 0.2) is 0 Å². The molecule has 0 aliphatic carbocycles. The Morgan fingerprint density at radius 2 is 1.47 bits per heavy atom. The van der Waals surface area contributed by atoms with Gasteiger partial charge in [0.2, 0.25) is 5.91 Å². The number of hydrogen-bond donors (Lipinski definition) is 2. The zero-order valence-corrected chi connectivity index (χ0v) is 18.1. The summed E-state index contributed by atoms with van der Waals surface area (Å²) in [6.07, 6.45) is 0. The SMILES string of the molecule is COC(=O)c1cc(NC(=O)CNC(c2ccc(Cl)cc2)C(C)C)cc(C(=O)OC)c1. The summed E-state index contributed by atoms with van der Waals surface area (Å²) in [5, 5.41) is 6.58. The quantitative estimate of drug-likeness (QED) is 0.615. The van der Waals surface area contributed by atoms with Crippen molar-refractivity contribution in [3.05, 3.63) is 64.2 Å². The fourth-order valence-electron chi connectivity index (χ4n) is 2.99. The van der Waals surface area contributed by atoms with Crippen LogP contribution < -0.4 is 10.6 Å². The summed E-state index contributed by atoms with van der Waals surface area (Å²) in [4.78, 5) is 36.3. The van der Waals surface area contributed by atoms with Crippen molar-refractivity contribution in [2.24, 2.45) is 5.92 Å². The second kappa shape index (κ2) is 10.8. The highest BCUT2D eigenvalue weighted by Gasteiger charge is 2.18. The third kappa shape index (κ3) is 6.30. The Balaban J connectivity index is 2.13. The van der Waals surface area contributed by atoms with E-state index < -0.39 is 11.9 Å². The molecule has 0 bridgehead atoms. The maximum absolute atomic E-state index is 12.5. The fourth-order valence-corrected chi connectivity index (χ4v) is 3.11. The number of amides is 1. The van der Waals surface area contributed by atoms with Gasteiger partial charge >= 0.3 is 11.9 Å². The molecule has 160 valence electrons. The Morgan fingerprint density at radius 3 is 1.93 bits per heavy atom. The van der Waals surface area contributed by atoms with E-state index in [1.807, 2.05) is 26.0 Å². The summed E-state index contributed by atoms with van der Waals surface area (Å²) in [7, 11) is 2.47. The lowest BCUT2D eigenvalue weighted by Gasteiger charge is -2.23. The Hall–Kier alpha value is -2.90. The molecule has 8 heteroatoms. The van der Waals surface area contributed by atoms with Gasteiger partial charge in [0.05, 0.1) is 31.9 Å². The molecule has 2 rings (SSSR count). The first-order valence-electron chi connectivity index (χ1n) is 9.35. The van der Waals surface area contributed by atoms with Gasteiger partial charge < -0.3 is 20.1 Å². The van der Waals surface area contributed by atoms with Crippen molar-refractivity contribution in [2.75, 3.05) is 26.1 Å². The van der Waals surface area contributed by atoms with E-state index in [1.54, 1.807) is 12.1 Å². The highest BCUT2D eigenvalue weighted by molar-refractivity contribution is 6.30. The monoisotopic (exact) mass is 432 g/mol. The summed E-state index contributed by atoms with van der Waals surface area (Å²) in [6.45, 7) is 4.13. The zero-order valence-electron chi connectivity index (χ0n) is 17.3. The van der Waals surface area contributed by atoms with Crippen molar-refractivity contribution in [1.29, 1.82) is 0 Å². The topological polar surface area (TPSA) is 93.7 Å². The van der Waals surface area contributed by atoms with Crippen molar-refractivity contribution in [2.45, 2.75) is 19.9 Å². The summed E-state index contributed by atoms with van der Waals surface area (Å²) >= 11 is 5.95. The van der Waals surface area contributed by atoms with Crippen LogP contribution in [-0.4, -0.2) is 38.6 Å². The lowest BCUT2D eigenvalue weighted by molar-refractivity contribution is -0.115. The molecule has 7 nitrogen and oxygen atoms in total. The average Bonchev–Trinajstić information content (AvgIpc) is 2.73. The van der Waals surface area contributed by atoms with E-state index in [2.05, 4.69) is 10.6 Å². The molecule has 1 atom stereocenters. The molecule has 0 aromatic heterocycles. The highest BCUT2D eigenvalue weighted by Crippen LogP contribution is 2.23. The number of benzene rings is 2. The summed E-state index contributed by atoms with van der Waals surface area (Å²) in [6, 6.07) is 11.6. The second-order valence-corrected chi connectivity index (χ2v) is 7.42. The van der Waals surface area contributed by atoms with E-state index in [9.17, 15) is 14.4 Å². The molecule has 30 heavy (non-hydrogen) atoms. The van der Waals surface area contributed by atoms with Gasteiger partial charge in [-0.25, -0.2) is 9.59 Å². The maximum atomic E-state index is 12.5. The molecule has 0 fully saturated rings. The van der Waals surface area contributed by atoms with Crippen LogP contribution in [0.4, 0.5) is 5.69 Å². The van der Waals surface area contributed by atoms with E-state index in [1.165, 1.54) is 32.4 Å². The van der Waals surface area contributed by atoms with Crippen molar-refractivity contribution in [3.63, 3.8) is 0 Å². The lowest BCUT2D eigenvalue weighted by atomic mass is 9.96. The molecule has 0 saturated heterocycles. The molecule has 2 N–H and O–H groups in total. The van der Waals surface area contributed by atoms with E-state index in [0.717, 1.165) is 5.56 Å². The number of esters is 2. The fraction of sp³-hybridized carbons (Fsp3) is 0.318. The molecule has 2 aromatic carbocycles. The third-order valence-corrected chi connectivity index (χ3v) is 4.69. The van der Waals surface area contributed by atoms with Gasteiger partial charge in [-0.15, -0.1) is 0 Å². The molecule has 0 heterocycles. The summed E-state index contributed by atoms with van der Waals surface area (Å²) < 4.78 is 9.40. The van der Waals surface area contributed by atoms with E-state index in [-0.39, 0.29) is 41.2 Å². The smallest absolute Gasteiger partial charge is 0.337 e.